The van der Waals surface area contributed by atoms with Crippen LogP contribution in [0.15, 0.2) is 12.2 Å². The summed E-state index contributed by atoms with van der Waals surface area (Å²) >= 11 is 0. The molecule has 17 heavy (non-hydrogen) atoms. The predicted octanol–water partition coefficient (Wildman–Crippen LogP) is -0.334. The molecular weight excluding hydrogens is 227 g/mol. The second kappa shape index (κ2) is 7.37. The van der Waals surface area contributed by atoms with E-state index < -0.39 is 18.5 Å². The number of nitrogens with one attached hydrogen (secondary N) is 1. The maximum Gasteiger partial charge on any atom is 0.207 e. The summed E-state index contributed by atoms with van der Waals surface area (Å²) < 4.78 is 18.9. The van der Waals surface area contributed by atoms with Gasteiger partial charge in [-0.15, -0.1) is 0 Å². The summed E-state index contributed by atoms with van der Waals surface area (Å²) in [4.78, 5) is 11.7. The van der Waals surface area contributed by atoms with E-state index in [9.17, 15) is 9.18 Å². The lowest BCUT2D eigenvalue weighted by Gasteiger charge is -2.24. The van der Waals surface area contributed by atoms with Gasteiger partial charge in [-0.25, -0.2) is 4.39 Å². The minimum atomic E-state index is -1.07. The molecule has 1 fully saturated rings. The zero-order valence-electron chi connectivity index (χ0n) is 9.88. The summed E-state index contributed by atoms with van der Waals surface area (Å²) in [5.74, 6) is 0. The van der Waals surface area contributed by atoms with Gasteiger partial charge < -0.3 is 15.2 Å². The molecule has 1 amide bonds. The van der Waals surface area contributed by atoms with Crippen LogP contribution < -0.4 is 5.32 Å². The van der Waals surface area contributed by atoms with Crippen LogP contribution in [0.3, 0.4) is 0 Å². The molecule has 3 unspecified atom stereocenters. The number of rotatable bonds is 7. The van der Waals surface area contributed by atoms with Crippen molar-refractivity contribution in [3.05, 3.63) is 12.2 Å². The standard InChI is InChI=1S/C11H19FN2O3/c1-14(5-3-2-4-13-8-16)11-10(12)6-9(7-15)17-11/h2-3,8-11,15H,4-7H2,1H3,(H,13,16)/b3-2-. The molecule has 0 spiro atoms. The van der Waals surface area contributed by atoms with E-state index in [4.69, 9.17) is 9.84 Å². The number of likely N-dealkylation sites (N-methyl/N-ethyl adjacent to an activating group) is 1. The van der Waals surface area contributed by atoms with Gasteiger partial charge in [-0.3, -0.25) is 9.69 Å². The number of hydrogen-bond acceptors (Lipinski definition) is 4. The number of halogens is 1. The molecule has 5 nitrogen and oxygen atoms in total. The number of aliphatic hydroxyl groups is 1. The number of alkyl halides is 1. The van der Waals surface area contributed by atoms with Crippen LogP contribution >= 0.6 is 0 Å². The lowest BCUT2D eigenvalue weighted by atomic mass is 10.2. The summed E-state index contributed by atoms with van der Waals surface area (Å²) in [5, 5.41) is 11.4. The number of hydrogen-bond donors (Lipinski definition) is 2. The lowest BCUT2D eigenvalue weighted by molar-refractivity contribution is -0.109. The van der Waals surface area contributed by atoms with Gasteiger partial charge in [0.15, 0.2) is 0 Å². The number of amides is 1. The molecule has 0 saturated carbocycles. The Kier molecular flexibility index (Phi) is 6.10. The van der Waals surface area contributed by atoms with Gasteiger partial charge in [0.25, 0.3) is 0 Å². The second-order valence-corrected chi connectivity index (χ2v) is 4.02. The van der Waals surface area contributed by atoms with Crippen molar-refractivity contribution in [1.82, 2.24) is 10.2 Å². The average molecular weight is 246 g/mol. The molecule has 1 rings (SSSR count). The van der Waals surface area contributed by atoms with E-state index in [1.54, 1.807) is 18.0 Å². The summed E-state index contributed by atoms with van der Waals surface area (Å²) in [5.41, 5.74) is 0. The van der Waals surface area contributed by atoms with Crippen molar-refractivity contribution in [2.24, 2.45) is 0 Å². The minimum Gasteiger partial charge on any atom is -0.394 e. The molecule has 6 heteroatoms. The largest absolute Gasteiger partial charge is 0.394 e. The van der Waals surface area contributed by atoms with Crippen molar-refractivity contribution < 1.29 is 19.0 Å². The zero-order chi connectivity index (χ0) is 12.7. The Labute approximate surface area is 100 Å². The molecule has 0 aromatic rings. The van der Waals surface area contributed by atoms with E-state index in [0.717, 1.165) is 0 Å². The number of ether oxygens (including phenoxy) is 1. The molecule has 0 radical (unpaired) electrons. The highest BCUT2D eigenvalue weighted by Gasteiger charge is 2.37. The predicted molar refractivity (Wildman–Crippen MR) is 61.1 cm³/mol. The normalized spacial score (nSPS) is 29.1. The summed E-state index contributed by atoms with van der Waals surface area (Å²) in [6.07, 6.45) is 2.40. The van der Waals surface area contributed by atoms with Gasteiger partial charge in [0.05, 0.1) is 12.7 Å². The van der Waals surface area contributed by atoms with Gasteiger partial charge in [-0.2, -0.15) is 0 Å². The Balaban J connectivity index is 2.29. The summed E-state index contributed by atoms with van der Waals surface area (Å²) in [6, 6.07) is 0. The fraction of sp³-hybridized carbons (Fsp3) is 0.727. The first kappa shape index (κ1) is 14.1. The topological polar surface area (TPSA) is 61.8 Å². The highest BCUT2D eigenvalue weighted by Crippen LogP contribution is 2.24. The lowest BCUT2D eigenvalue weighted by Crippen LogP contribution is -2.37. The fourth-order valence-electron chi connectivity index (χ4n) is 1.75. The molecule has 1 aliphatic heterocycles. The number of carbonyl (C=O) groups excluding carboxylic acids is 1. The van der Waals surface area contributed by atoms with E-state index >= 15 is 0 Å². The van der Waals surface area contributed by atoms with E-state index in [0.29, 0.717) is 19.5 Å². The smallest absolute Gasteiger partial charge is 0.207 e. The molecule has 3 atom stereocenters. The van der Waals surface area contributed by atoms with Crippen LogP contribution in [-0.2, 0) is 9.53 Å². The maximum atomic E-state index is 13.5. The van der Waals surface area contributed by atoms with Gasteiger partial charge >= 0.3 is 0 Å². The van der Waals surface area contributed by atoms with Gasteiger partial charge in [0.2, 0.25) is 6.41 Å². The number of carbonyl (C=O) groups is 1. The first-order valence-electron chi connectivity index (χ1n) is 5.61. The molecule has 2 N–H and O–H groups in total. The molecule has 0 aliphatic carbocycles. The van der Waals surface area contributed by atoms with Crippen molar-refractivity contribution in [3.8, 4) is 0 Å². The second-order valence-electron chi connectivity index (χ2n) is 4.02. The van der Waals surface area contributed by atoms with Crippen LogP contribution in [0.1, 0.15) is 6.42 Å². The molecule has 0 bridgehead atoms. The van der Waals surface area contributed by atoms with Crippen LogP contribution in [0.2, 0.25) is 0 Å². The Hall–Kier alpha value is -0.980. The fourth-order valence-corrected chi connectivity index (χ4v) is 1.75. The molecule has 0 aromatic heterocycles. The molecular formula is C11H19FN2O3. The molecule has 98 valence electrons. The molecule has 0 aromatic carbocycles. The highest BCUT2D eigenvalue weighted by molar-refractivity contribution is 5.46. The Morgan fingerprint density at radius 1 is 1.59 bits per heavy atom. The van der Waals surface area contributed by atoms with Crippen molar-refractivity contribution in [3.63, 3.8) is 0 Å². The van der Waals surface area contributed by atoms with Crippen LogP contribution in [0, 0.1) is 0 Å². The number of nitrogens with zero attached hydrogens (tertiary/aromatic N) is 1. The summed E-state index contributed by atoms with van der Waals surface area (Å²) in [6.45, 7) is 0.842. The third-order valence-corrected chi connectivity index (χ3v) is 2.65. The van der Waals surface area contributed by atoms with Crippen molar-refractivity contribution >= 4 is 6.41 Å². The first-order chi connectivity index (χ1) is 8.19. The average Bonchev–Trinajstić information content (AvgIpc) is 2.70. The zero-order valence-corrected chi connectivity index (χ0v) is 9.88. The van der Waals surface area contributed by atoms with Crippen molar-refractivity contribution in [1.29, 1.82) is 0 Å². The first-order valence-corrected chi connectivity index (χ1v) is 5.61. The minimum absolute atomic E-state index is 0.149. The SMILES string of the molecule is CN(C/C=C\CNC=O)C1OC(CO)CC1F. The Bertz CT molecular complexity index is 263. The molecule has 1 aliphatic rings. The van der Waals surface area contributed by atoms with Crippen LogP contribution in [0.25, 0.3) is 0 Å². The molecule has 1 saturated heterocycles. The quantitative estimate of drug-likeness (QED) is 0.367. The van der Waals surface area contributed by atoms with E-state index in [1.165, 1.54) is 0 Å². The van der Waals surface area contributed by atoms with Gasteiger partial charge in [-0.05, 0) is 7.05 Å². The summed E-state index contributed by atoms with van der Waals surface area (Å²) in [7, 11) is 1.76. The van der Waals surface area contributed by atoms with E-state index in [2.05, 4.69) is 5.32 Å². The van der Waals surface area contributed by atoms with Crippen LogP contribution in [-0.4, -0.2) is 61.7 Å². The Morgan fingerprint density at radius 3 is 2.94 bits per heavy atom. The highest BCUT2D eigenvalue weighted by atomic mass is 19.1. The third-order valence-electron chi connectivity index (χ3n) is 2.65. The Morgan fingerprint density at radius 2 is 2.35 bits per heavy atom. The monoisotopic (exact) mass is 246 g/mol. The van der Waals surface area contributed by atoms with Crippen LogP contribution in [0.4, 0.5) is 4.39 Å². The van der Waals surface area contributed by atoms with E-state index in [1.807, 2.05) is 6.08 Å². The van der Waals surface area contributed by atoms with E-state index in [-0.39, 0.29) is 13.0 Å². The molecule has 1 heterocycles. The maximum absolute atomic E-state index is 13.5. The van der Waals surface area contributed by atoms with Gasteiger partial charge in [0.1, 0.15) is 12.4 Å². The number of aliphatic hydroxyl groups excluding tert-OH is 1. The third kappa shape index (κ3) is 4.41. The van der Waals surface area contributed by atoms with Crippen molar-refractivity contribution in [2.45, 2.75) is 24.9 Å². The van der Waals surface area contributed by atoms with Gasteiger partial charge in [-0.1, -0.05) is 12.2 Å². The van der Waals surface area contributed by atoms with Crippen LogP contribution in [0.5, 0.6) is 0 Å². The van der Waals surface area contributed by atoms with Crippen molar-refractivity contribution in [2.75, 3.05) is 26.7 Å². The van der Waals surface area contributed by atoms with Gasteiger partial charge in [0, 0.05) is 19.5 Å².